The zero-order valence-electron chi connectivity index (χ0n) is 18.6. The Hall–Kier alpha value is -3.88. The van der Waals surface area contributed by atoms with E-state index in [2.05, 4.69) is 0 Å². The number of piperazine rings is 1. The zero-order chi connectivity index (χ0) is 23.5. The third-order valence-electron chi connectivity index (χ3n) is 6.04. The number of imide groups is 1. The van der Waals surface area contributed by atoms with E-state index in [1.54, 1.807) is 42.2 Å². The molecule has 1 saturated heterocycles. The maximum absolute atomic E-state index is 13.0. The number of fused-ring (bicyclic) bond motifs is 1. The van der Waals surface area contributed by atoms with Crippen molar-refractivity contribution in [2.75, 3.05) is 46.9 Å². The number of carbonyl (C=O) groups is 4. The summed E-state index contributed by atoms with van der Waals surface area (Å²) in [5, 5.41) is 0. The largest absolute Gasteiger partial charge is 0.493 e. The Kier molecular flexibility index (Phi) is 6.30. The standard InChI is InChI=1S/C24H25N3O6/c1-32-20-6-3-16(13-21(20)33-2)7-8-27-23(30)18-5-4-17(14-19(18)24(27)31)22(29)26-11-9-25(15-28)10-12-26/h3-6,13-15H,7-12H2,1-2H3. The second-order valence-electron chi connectivity index (χ2n) is 7.90. The number of amides is 4. The molecule has 33 heavy (non-hydrogen) atoms. The molecular formula is C24H25N3O6. The molecule has 0 radical (unpaired) electrons. The summed E-state index contributed by atoms with van der Waals surface area (Å²) in [6, 6.07) is 10.1. The molecule has 2 heterocycles. The molecule has 0 spiro atoms. The maximum atomic E-state index is 13.0. The van der Waals surface area contributed by atoms with Gasteiger partial charge in [-0.2, -0.15) is 0 Å². The number of methoxy groups -OCH3 is 2. The molecule has 2 aliphatic heterocycles. The first-order chi connectivity index (χ1) is 16.0. The summed E-state index contributed by atoms with van der Waals surface area (Å²) in [5.74, 6) is 0.193. The van der Waals surface area contributed by atoms with Crippen LogP contribution < -0.4 is 9.47 Å². The van der Waals surface area contributed by atoms with Gasteiger partial charge in [0.05, 0.1) is 25.3 Å². The van der Waals surface area contributed by atoms with Crippen LogP contribution in [0.2, 0.25) is 0 Å². The Morgan fingerprint density at radius 1 is 0.909 bits per heavy atom. The monoisotopic (exact) mass is 451 g/mol. The van der Waals surface area contributed by atoms with Gasteiger partial charge in [-0.3, -0.25) is 24.1 Å². The Morgan fingerprint density at radius 2 is 1.61 bits per heavy atom. The molecular weight excluding hydrogens is 426 g/mol. The lowest BCUT2D eigenvalue weighted by Crippen LogP contribution is -2.48. The van der Waals surface area contributed by atoms with Gasteiger partial charge < -0.3 is 19.3 Å². The molecule has 2 aromatic rings. The van der Waals surface area contributed by atoms with Crippen molar-refractivity contribution in [2.45, 2.75) is 6.42 Å². The first-order valence-electron chi connectivity index (χ1n) is 10.7. The van der Waals surface area contributed by atoms with Gasteiger partial charge in [-0.1, -0.05) is 6.07 Å². The third-order valence-corrected chi connectivity index (χ3v) is 6.04. The fraction of sp³-hybridized carbons (Fsp3) is 0.333. The highest BCUT2D eigenvalue weighted by atomic mass is 16.5. The third kappa shape index (κ3) is 4.26. The highest BCUT2D eigenvalue weighted by molar-refractivity contribution is 6.22. The number of ether oxygens (including phenoxy) is 2. The Bertz CT molecular complexity index is 1110. The predicted molar refractivity (Wildman–Crippen MR) is 119 cm³/mol. The van der Waals surface area contributed by atoms with Crippen LogP contribution in [0.5, 0.6) is 11.5 Å². The van der Waals surface area contributed by atoms with Gasteiger partial charge in [0.15, 0.2) is 11.5 Å². The highest BCUT2D eigenvalue weighted by Crippen LogP contribution is 2.29. The fourth-order valence-electron chi connectivity index (χ4n) is 4.12. The predicted octanol–water partition coefficient (Wildman–Crippen LogP) is 1.46. The van der Waals surface area contributed by atoms with Crippen LogP contribution >= 0.6 is 0 Å². The molecule has 0 N–H and O–H groups in total. The second kappa shape index (κ2) is 9.32. The van der Waals surface area contributed by atoms with E-state index < -0.39 is 5.91 Å². The van der Waals surface area contributed by atoms with Gasteiger partial charge in [0.2, 0.25) is 6.41 Å². The molecule has 2 aromatic carbocycles. The van der Waals surface area contributed by atoms with Crippen LogP contribution in [0.1, 0.15) is 36.6 Å². The normalized spacial score (nSPS) is 15.5. The molecule has 4 amide bonds. The van der Waals surface area contributed by atoms with Crippen LogP contribution in [0, 0.1) is 0 Å². The van der Waals surface area contributed by atoms with E-state index in [4.69, 9.17) is 9.47 Å². The zero-order valence-corrected chi connectivity index (χ0v) is 18.6. The number of hydrogen-bond donors (Lipinski definition) is 0. The van der Waals surface area contributed by atoms with Crippen LogP contribution in [-0.4, -0.2) is 85.8 Å². The lowest BCUT2D eigenvalue weighted by molar-refractivity contribution is -0.119. The minimum absolute atomic E-state index is 0.207. The van der Waals surface area contributed by atoms with E-state index in [9.17, 15) is 19.2 Å². The van der Waals surface area contributed by atoms with Gasteiger partial charge in [-0.15, -0.1) is 0 Å². The number of rotatable bonds is 7. The minimum atomic E-state index is -0.407. The minimum Gasteiger partial charge on any atom is -0.493 e. The van der Waals surface area contributed by atoms with Crippen LogP contribution in [-0.2, 0) is 11.2 Å². The SMILES string of the molecule is COc1ccc(CCN2C(=O)c3ccc(C(=O)N4CCN(C=O)CC4)cc3C2=O)cc1OC. The fourth-order valence-corrected chi connectivity index (χ4v) is 4.12. The van der Waals surface area contributed by atoms with Crippen molar-refractivity contribution in [3.63, 3.8) is 0 Å². The topological polar surface area (TPSA) is 96.5 Å². The van der Waals surface area contributed by atoms with Crippen molar-refractivity contribution in [1.29, 1.82) is 0 Å². The molecule has 0 aliphatic carbocycles. The molecule has 1 fully saturated rings. The summed E-state index contributed by atoms with van der Waals surface area (Å²) in [4.78, 5) is 54.0. The van der Waals surface area contributed by atoms with E-state index in [1.165, 1.54) is 11.0 Å². The van der Waals surface area contributed by atoms with Gasteiger partial charge in [0, 0.05) is 38.3 Å². The summed E-state index contributed by atoms with van der Waals surface area (Å²) in [6.07, 6.45) is 1.23. The van der Waals surface area contributed by atoms with Gasteiger partial charge in [-0.25, -0.2) is 0 Å². The number of benzene rings is 2. The average Bonchev–Trinajstić information content (AvgIpc) is 3.10. The second-order valence-corrected chi connectivity index (χ2v) is 7.90. The molecule has 4 rings (SSSR count). The average molecular weight is 451 g/mol. The first-order valence-corrected chi connectivity index (χ1v) is 10.7. The van der Waals surface area contributed by atoms with E-state index in [0.29, 0.717) is 55.2 Å². The number of carbonyl (C=O) groups excluding carboxylic acids is 4. The van der Waals surface area contributed by atoms with Crippen molar-refractivity contribution >= 4 is 24.1 Å². The summed E-state index contributed by atoms with van der Waals surface area (Å²) >= 11 is 0. The van der Waals surface area contributed by atoms with Crippen molar-refractivity contribution in [3.05, 3.63) is 58.7 Å². The van der Waals surface area contributed by atoms with Crippen molar-refractivity contribution < 1.29 is 28.7 Å². The van der Waals surface area contributed by atoms with Crippen LogP contribution in [0.3, 0.4) is 0 Å². The van der Waals surface area contributed by atoms with Crippen LogP contribution in [0.25, 0.3) is 0 Å². The van der Waals surface area contributed by atoms with Gasteiger partial charge >= 0.3 is 0 Å². The number of hydrogen-bond acceptors (Lipinski definition) is 6. The molecule has 9 nitrogen and oxygen atoms in total. The van der Waals surface area contributed by atoms with Crippen molar-refractivity contribution in [3.8, 4) is 11.5 Å². The molecule has 172 valence electrons. The summed E-state index contributed by atoms with van der Waals surface area (Å²) in [6.45, 7) is 2.01. The molecule has 0 saturated carbocycles. The quantitative estimate of drug-likeness (QED) is 0.467. The summed E-state index contributed by atoms with van der Waals surface area (Å²) in [7, 11) is 3.10. The Labute approximate surface area is 191 Å². The lowest BCUT2D eigenvalue weighted by Gasteiger charge is -2.32. The molecule has 2 aliphatic rings. The molecule has 0 unspecified atom stereocenters. The van der Waals surface area contributed by atoms with E-state index >= 15 is 0 Å². The Morgan fingerprint density at radius 3 is 2.27 bits per heavy atom. The van der Waals surface area contributed by atoms with Gasteiger partial charge in [0.1, 0.15) is 0 Å². The smallest absolute Gasteiger partial charge is 0.261 e. The molecule has 9 heteroatoms. The lowest BCUT2D eigenvalue weighted by atomic mass is 10.0. The van der Waals surface area contributed by atoms with Crippen LogP contribution in [0.15, 0.2) is 36.4 Å². The molecule has 0 aromatic heterocycles. The van der Waals surface area contributed by atoms with Crippen molar-refractivity contribution in [2.24, 2.45) is 0 Å². The number of nitrogens with zero attached hydrogens (tertiary/aromatic N) is 3. The molecule has 0 bridgehead atoms. The van der Waals surface area contributed by atoms with Crippen molar-refractivity contribution in [1.82, 2.24) is 14.7 Å². The summed E-state index contributed by atoms with van der Waals surface area (Å²) < 4.78 is 10.5. The molecule has 0 atom stereocenters. The van der Waals surface area contributed by atoms with E-state index in [0.717, 1.165) is 12.0 Å². The maximum Gasteiger partial charge on any atom is 0.261 e. The Balaban J connectivity index is 1.46. The van der Waals surface area contributed by atoms with E-state index in [-0.39, 0.29) is 23.9 Å². The highest BCUT2D eigenvalue weighted by Gasteiger charge is 2.36. The first kappa shape index (κ1) is 22.3. The summed E-state index contributed by atoms with van der Waals surface area (Å²) in [5.41, 5.74) is 1.80. The van der Waals surface area contributed by atoms with E-state index in [1.807, 2.05) is 12.1 Å². The van der Waals surface area contributed by atoms with Gasteiger partial charge in [-0.05, 0) is 42.3 Å². The van der Waals surface area contributed by atoms with Crippen LogP contribution in [0.4, 0.5) is 0 Å². The van der Waals surface area contributed by atoms with Gasteiger partial charge in [0.25, 0.3) is 17.7 Å².